The Morgan fingerprint density at radius 1 is 1.24 bits per heavy atom. The quantitative estimate of drug-likeness (QED) is 0.924. The predicted octanol–water partition coefficient (Wildman–Crippen LogP) is 3.52. The van der Waals surface area contributed by atoms with Gasteiger partial charge in [0.2, 0.25) is 5.91 Å². The van der Waals surface area contributed by atoms with Crippen molar-refractivity contribution in [3.05, 3.63) is 33.8 Å². The lowest BCUT2D eigenvalue weighted by Crippen LogP contribution is -2.46. The molecular weight excluding hydrogens is 313 g/mol. The monoisotopic (exact) mass is 327 g/mol. The highest BCUT2D eigenvalue weighted by atomic mass is 35.5. The SMILES string of the molecule is O=C(O)C1CCC(=O)N(C2CC2)C1c1cc(Cl)ccc1Cl. The third-order valence-corrected chi connectivity index (χ3v) is 4.75. The van der Waals surface area contributed by atoms with Crippen molar-refractivity contribution in [1.29, 1.82) is 0 Å². The van der Waals surface area contributed by atoms with E-state index in [4.69, 9.17) is 23.2 Å². The van der Waals surface area contributed by atoms with Crippen molar-refractivity contribution in [1.82, 2.24) is 4.90 Å². The van der Waals surface area contributed by atoms with Crippen LogP contribution in [0.3, 0.4) is 0 Å². The number of hydrogen-bond donors (Lipinski definition) is 1. The van der Waals surface area contributed by atoms with Crippen molar-refractivity contribution in [2.24, 2.45) is 5.92 Å². The fourth-order valence-electron chi connectivity index (χ4n) is 3.06. The van der Waals surface area contributed by atoms with Gasteiger partial charge >= 0.3 is 5.97 Å². The number of rotatable bonds is 3. The highest BCUT2D eigenvalue weighted by Gasteiger charge is 2.47. The summed E-state index contributed by atoms with van der Waals surface area (Å²) in [4.78, 5) is 25.6. The number of amides is 1. The van der Waals surface area contributed by atoms with Gasteiger partial charge in [-0.3, -0.25) is 9.59 Å². The summed E-state index contributed by atoms with van der Waals surface area (Å²) in [6.07, 6.45) is 2.46. The second-order valence-electron chi connectivity index (χ2n) is 5.63. The van der Waals surface area contributed by atoms with Crippen molar-refractivity contribution in [3.8, 4) is 0 Å². The number of carboxylic acids is 1. The van der Waals surface area contributed by atoms with E-state index in [1.165, 1.54) is 0 Å². The number of carbonyl (C=O) groups excluding carboxylic acids is 1. The van der Waals surface area contributed by atoms with Crippen LogP contribution in [0.2, 0.25) is 10.0 Å². The summed E-state index contributed by atoms with van der Waals surface area (Å²) < 4.78 is 0. The van der Waals surface area contributed by atoms with Gasteiger partial charge < -0.3 is 10.0 Å². The molecule has 0 aromatic heterocycles. The van der Waals surface area contributed by atoms with Gasteiger partial charge in [0.05, 0.1) is 12.0 Å². The van der Waals surface area contributed by atoms with Gasteiger partial charge in [-0.2, -0.15) is 0 Å². The summed E-state index contributed by atoms with van der Waals surface area (Å²) in [5, 5.41) is 10.5. The number of carbonyl (C=O) groups is 2. The van der Waals surface area contributed by atoms with Gasteiger partial charge in [-0.05, 0) is 43.0 Å². The zero-order valence-electron chi connectivity index (χ0n) is 11.3. The molecule has 3 rings (SSSR count). The molecule has 0 radical (unpaired) electrons. The lowest BCUT2D eigenvalue weighted by molar-refractivity contribution is -0.152. The van der Waals surface area contributed by atoms with E-state index in [-0.39, 0.29) is 18.4 Å². The minimum absolute atomic E-state index is 0.0102. The van der Waals surface area contributed by atoms with Crippen LogP contribution in [0, 0.1) is 5.92 Å². The van der Waals surface area contributed by atoms with Gasteiger partial charge in [0.15, 0.2) is 0 Å². The number of halogens is 2. The van der Waals surface area contributed by atoms with Crippen LogP contribution in [0.15, 0.2) is 18.2 Å². The molecule has 1 saturated carbocycles. The highest BCUT2D eigenvalue weighted by Crippen LogP contribution is 2.45. The Morgan fingerprint density at radius 3 is 2.57 bits per heavy atom. The third kappa shape index (κ3) is 2.74. The first-order valence-corrected chi connectivity index (χ1v) is 7.73. The normalized spacial score (nSPS) is 26.0. The molecule has 0 bridgehead atoms. The minimum Gasteiger partial charge on any atom is -0.481 e. The minimum atomic E-state index is -0.894. The first-order chi connectivity index (χ1) is 9.99. The molecule has 1 saturated heterocycles. The van der Waals surface area contributed by atoms with Crippen LogP contribution in [0.1, 0.15) is 37.3 Å². The summed E-state index contributed by atoms with van der Waals surface area (Å²) in [6.45, 7) is 0. The molecule has 1 aliphatic carbocycles. The molecule has 21 heavy (non-hydrogen) atoms. The topological polar surface area (TPSA) is 57.6 Å². The van der Waals surface area contributed by atoms with E-state index in [1.54, 1.807) is 23.1 Å². The van der Waals surface area contributed by atoms with Gasteiger partial charge in [-0.25, -0.2) is 0 Å². The zero-order valence-corrected chi connectivity index (χ0v) is 12.8. The molecular formula is C15H15Cl2NO3. The van der Waals surface area contributed by atoms with Crippen LogP contribution in [-0.4, -0.2) is 27.9 Å². The number of carboxylic acid groups (broad SMARTS) is 1. The molecule has 2 fully saturated rings. The summed E-state index contributed by atoms with van der Waals surface area (Å²) in [6, 6.07) is 4.61. The number of aliphatic carboxylic acids is 1. The fourth-order valence-corrected chi connectivity index (χ4v) is 3.47. The van der Waals surface area contributed by atoms with Crippen LogP contribution in [0.5, 0.6) is 0 Å². The molecule has 1 heterocycles. The molecule has 2 atom stereocenters. The van der Waals surface area contributed by atoms with Crippen molar-refractivity contribution in [2.75, 3.05) is 0 Å². The van der Waals surface area contributed by atoms with Gasteiger partial charge in [0.25, 0.3) is 0 Å². The Kier molecular flexibility index (Phi) is 3.84. The summed E-state index contributed by atoms with van der Waals surface area (Å²) in [7, 11) is 0. The van der Waals surface area contributed by atoms with Crippen LogP contribution in [-0.2, 0) is 9.59 Å². The van der Waals surface area contributed by atoms with E-state index in [9.17, 15) is 14.7 Å². The smallest absolute Gasteiger partial charge is 0.308 e. The molecule has 1 aromatic rings. The Morgan fingerprint density at radius 2 is 1.95 bits per heavy atom. The summed E-state index contributed by atoms with van der Waals surface area (Å²) in [5.41, 5.74) is 0.636. The zero-order chi connectivity index (χ0) is 15.1. The van der Waals surface area contributed by atoms with E-state index in [0.29, 0.717) is 22.0 Å². The molecule has 4 nitrogen and oxygen atoms in total. The van der Waals surface area contributed by atoms with Gasteiger partial charge in [-0.15, -0.1) is 0 Å². The Hall–Kier alpha value is -1.26. The number of nitrogens with zero attached hydrogens (tertiary/aromatic N) is 1. The number of piperidine rings is 1. The average Bonchev–Trinajstić information content (AvgIpc) is 3.25. The first kappa shape index (κ1) is 14.7. The lowest BCUT2D eigenvalue weighted by atomic mass is 9.84. The Bertz CT molecular complexity index is 601. The number of benzene rings is 1. The maximum absolute atomic E-state index is 12.3. The fraction of sp³-hybridized carbons (Fsp3) is 0.467. The van der Waals surface area contributed by atoms with Crippen LogP contribution in [0.4, 0.5) is 0 Å². The Labute approximate surface area is 132 Å². The second-order valence-corrected chi connectivity index (χ2v) is 6.47. The first-order valence-electron chi connectivity index (χ1n) is 6.98. The number of hydrogen-bond acceptors (Lipinski definition) is 2. The van der Waals surface area contributed by atoms with Crippen LogP contribution >= 0.6 is 23.2 Å². The lowest BCUT2D eigenvalue weighted by Gasteiger charge is -2.40. The predicted molar refractivity (Wildman–Crippen MR) is 79.4 cm³/mol. The second kappa shape index (κ2) is 5.50. The van der Waals surface area contributed by atoms with E-state index in [0.717, 1.165) is 12.8 Å². The van der Waals surface area contributed by atoms with E-state index in [2.05, 4.69) is 0 Å². The van der Waals surface area contributed by atoms with Gasteiger partial charge in [-0.1, -0.05) is 23.2 Å². The van der Waals surface area contributed by atoms with Crippen molar-refractivity contribution in [2.45, 2.75) is 37.8 Å². The molecule has 1 aromatic carbocycles. The summed E-state index contributed by atoms with van der Waals surface area (Å²) >= 11 is 12.3. The van der Waals surface area contributed by atoms with Gasteiger partial charge in [0.1, 0.15) is 0 Å². The van der Waals surface area contributed by atoms with Gasteiger partial charge in [0, 0.05) is 22.5 Å². The molecule has 0 spiro atoms. The maximum atomic E-state index is 12.3. The van der Waals surface area contributed by atoms with Crippen LogP contribution < -0.4 is 0 Å². The molecule has 1 N–H and O–H groups in total. The number of likely N-dealkylation sites (tertiary alicyclic amines) is 1. The highest BCUT2D eigenvalue weighted by molar-refractivity contribution is 6.33. The summed E-state index contributed by atoms with van der Waals surface area (Å²) in [5.74, 6) is -1.52. The largest absolute Gasteiger partial charge is 0.481 e. The third-order valence-electron chi connectivity index (χ3n) is 4.17. The van der Waals surface area contributed by atoms with Crippen LogP contribution in [0.25, 0.3) is 0 Å². The van der Waals surface area contributed by atoms with E-state index < -0.39 is 17.9 Å². The van der Waals surface area contributed by atoms with E-state index in [1.807, 2.05) is 0 Å². The molecule has 1 amide bonds. The van der Waals surface area contributed by atoms with Crippen molar-refractivity contribution >= 4 is 35.1 Å². The Balaban J connectivity index is 2.08. The molecule has 112 valence electrons. The molecule has 6 heteroatoms. The average molecular weight is 328 g/mol. The van der Waals surface area contributed by atoms with Crippen molar-refractivity contribution < 1.29 is 14.7 Å². The van der Waals surface area contributed by atoms with Crippen molar-refractivity contribution in [3.63, 3.8) is 0 Å². The van der Waals surface area contributed by atoms with E-state index >= 15 is 0 Å². The molecule has 2 unspecified atom stereocenters. The maximum Gasteiger partial charge on any atom is 0.308 e. The molecule has 2 aliphatic rings. The molecule has 1 aliphatic heterocycles. The standard InChI is InChI=1S/C15H15Cl2NO3/c16-8-1-5-12(17)11(7-8)14-10(15(20)21)4-6-13(19)18(14)9-2-3-9/h1,5,7,9-10,14H,2-4,6H2,(H,20,21).